The van der Waals surface area contributed by atoms with Crippen LogP contribution in [0.3, 0.4) is 0 Å². The van der Waals surface area contributed by atoms with Crippen molar-refractivity contribution in [3.8, 4) is 0 Å². The van der Waals surface area contributed by atoms with Crippen LogP contribution in [0.5, 0.6) is 0 Å². The van der Waals surface area contributed by atoms with Crippen molar-refractivity contribution in [2.24, 2.45) is 0 Å². The van der Waals surface area contributed by atoms with Crippen molar-refractivity contribution in [2.45, 2.75) is 12.8 Å². The van der Waals surface area contributed by atoms with Gasteiger partial charge in [-0.3, -0.25) is 4.79 Å². The smallest absolute Gasteiger partial charge is 0.356 e. The summed E-state index contributed by atoms with van der Waals surface area (Å²) in [5, 5.41) is 0. The Morgan fingerprint density at radius 3 is 3.06 bits per heavy atom. The number of carbonyl (C=O) groups excluding carboxylic acids is 2. The highest BCUT2D eigenvalue weighted by molar-refractivity contribution is 5.89. The number of Topliss-reactive ketones (excluding diaryl/α,β-unsaturated/α-hetero) is 1. The van der Waals surface area contributed by atoms with Crippen molar-refractivity contribution < 1.29 is 14.3 Å². The minimum absolute atomic E-state index is 0.229. The predicted octanol–water partition coefficient (Wildman–Crippen LogP) is 1.04. The number of rotatable bonds is 2. The maximum Gasteiger partial charge on any atom is 0.356 e. The summed E-state index contributed by atoms with van der Waals surface area (Å²) in [6.07, 6.45) is 3.06. The Bertz CT molecular complexity index is 445. The fourth-order valence-corrected chi connectivity index (χ4v) is 1.89. The van der Waals surface area contributed by atoms with Gasteiger partial charge in [0.2, 0.25) is 0 Å². The average molecular weight is 234 g/mol. The number of ketones is 1. The Kier molecular flexibility index (Phi) is 3.37. The average Bonchev–Trinajstić information content (AvgIpc) is 2.38. The number of hydrogen-bond acceptors (Lipinski definition) is 5. The molecule has 1 aliphatic rings. The molecule has 2 rings (SSSR count). The van der Waals surface area contributed by atoms with E-state index < -0.39 is 5.97 Å². The molecule has 0 aliphatic carbocycles. The Labute approximate surface area is 99.4 Å². The van der Waals surface area contributed by atoms with Crippen molar-refractivity contribution >= 4 is 17.4 Å². The van der Waals surface area contributed by atoms with Crippen LogP contribution < -0.4 is 4.90 Å². The fraction of sp³-hybridized carbons (Fsp3) is 0.417. The van der Waals surface area contributed by atoms with Crippen molar-refractivity contribution in [3.63, 3.8) is 0 Å². The minimum Gasteiger partial charge on any atom is -0.464 e. The van der Waals surface area contributed by atoms with E-state index in [1.165, 1.54) is 7.11 Å². The zero-order valence-electron chi connectivity index (χ0n) is 9.68. The third-order valence-corrected chi connectivity index (χ3v) is 2.75. The van der Waals surface area contributed by atoms with Gasteiger partial charge in [0.05, 0.1) is 13.7 Å². The van der Waals surface area contributed by atoms with E-state index in [2.05, 4.69) is 9.72 Å². The number of carbonyl (C=O) groups is 2. The van der Waals surface area contributed by atoms with Crippen LogP contribution in [-0.4, -0.2) is 36.9 Å². The zero-order chi connectivity index (χ0) is 12.3. The highest BCUT2D eigenvalue weighted by atomic mass is 16.5. The van der Waals surface area contributed by atoms with E-state index in [1.807, 2.05) is 4.90 Å². The summed E-state index contributed by atoms with van der Waals surface area (Å²) < 4.78 is 4.61. The first-order valence-electron chi connectivity index (χ1n) is 5.51. The van der Waals surface area contributed by atoms with E-state index >= 15 is 0 Å². The molecule has 1 saturated heterocycles. The standard InChI is InChI=1S/C12H14N2O3/c1-17-12(16)11-7-9(4-5-13-11)14-6-2-3-10(15)8-14/h4-5,7H,2-3,6,8H2,1H3. The lowest BCUT2D eigenvalue weighted by Gasteiger charge is -2.27. The largest absolute Gasteiger partial charge is 0.464 e. The third-order valence-electron chi connectivity index (χ3n) is 2.75. The van der Waals surface area contributed by atoms with Crippen molar-refractivity contribution in [3.05, 3.63) is 24.0 Å². The lowest BCUT2D eigenvalue weighted by Crippen LogP contribution is -2.35. The molecule has 0 bridgehead atoms. The Morgan fingerprint density at radius 2 is 2.35 bits per heavy atom. The van der Waals surface area contributed by atoms with Crippen LogP contribution in [0.15, 0.2) is 18.3 Å². The van der Waals surface area contributed by atoms with Gasteiger partial charge in [-0.1, -0.05) is 0 Å². The van der Waals surface area contributed by atoms with E-state index in [0.29, 0.717) is 13.0 Å². The molecule has 0 saturated carbocycles. The number of aromatic nitrogens is 1. The topological polar surface area (TPSA) is 59.5 Å². The molecule has 5 heteroatoms. The van der Waals surface area contributed by atoms with E-state index in [1.54, 1.807) is 18.3 Å². The van der Waals surface area contributed by atoms with Gasteiger partial charge in [0.15, 0.2) is 5.78 Å². The fourth-order valence-electron chi connectivity index (χ4n) is 1.89. The maximum absolute atomic E-state index is 11.4. The van der Waals surface area contributed by atoms with Crippen molar-refractivity contribution in [1.29, 1.82) is 0 Å². The molecule has 1 aromatic rings. The molecule has 0 spiro atoms. The van der Waals surface area contributed by atoms with Gasteiger partial charge in [-0.15, -0.1) is 0 Å². The zero-order valence-corrected chi connectivity index (χ0v) is 9.68. The van der Waals surface area contributed by atoms with Gasteiger partial charge in [-0.2, -0.15) is 0 Å². The molecule has 1 aliphatic heterocycles. The Hall–Kier alpha value is -1.91. The molecule has 5 nitrogen and oxygen atoms in total. The summed E-state index contributed by atoms with van der Waals surface area (Å²) in [6, 6.07) is 3.45. The SMILES string of the molecule is COC(=O)c1cc(N2CCCC(=O)C2)ccn1. The van der Waals surface area contributed by atoms with Gasteiger partial charge in [0.1, 0.15) is 5.69 Å². The molecule has 17 heavy (non-hydrogen) atoms. The molecule has 0 atom stereocenters. The van der Waals surface area contributed by atoms with Gasteiger partial charge in [-0.05, 0) is 18.6 Å². The number of pyridine rings is 1. The second-order valence-electron chi connectivity index (χ2n) is 3.95. The third kappa shape index (κ3) is 2.61. The number of esters is 1. The number of nitrogens with zero attached hydrogens (tertiary/aromatic N) is 2. The first kappa shape index (κ1) is 11.6. The maximum atomic E-state index is 11.4. The molecule has 90 valence electrons. The molecule has 2 heterocycles. The van der Waals surface area contributed by atoms with Crippen LogP contribution in [0.1, 0.15) is 23.3 Å². The normalized spacial score (nSPS) is 15.8. The molecule has 1 fully saturated rings. The van der Waals surface area contributed by atoms with Gasteiger partial charge < -0.3 is 9.64 Å². The van der Waals surface area contributed by atoms with Gasteiger partial charge in [0.25, 0.3) is 0 Å². The highest BCUT2D eigenvalue weighted by Crippen LogP contribution is 2.18. The van der Waals surface area contributed by atoms with Gasteiger partial charge >= 0.3 is 5.97 Å². The molecular weight excluding hydrogens is 220 g/mol. The molecular formula is C12H14N2O3. The monoisotopic (exact) mass is 234 g/mol. The highest BCUT2D eigenvalue weighted by Gasteiger charge is 2.18. The Balaban J connectivity index is 2.20. The van der Waals surface area contributed by atoms with Gasteiger partial charge in [-0.25, -0.2) is 9.78 Å². The summed E-state index contributed by atoms with van der Waals surface area (Å²) in [7, 11) is 1.32. The molecule has 0 amide bonds. The number of piperidine rings is 1. The second kappa shape index (κ2) is 4.95. The number of anilines is 1. The number of methoxy groups -OCH3 is 1. The van der Waals surface area contributed by atoms with Crippen LogP contribution in [0.2, 0.25) is 0 Å². The minimum atomic E-state index is -0.463. The lowest BCUT2D eigenvalue weighted by atomic mass is 10.1. The molecule has 0 radical (unpaired) electrons. The summed E-state index contributed by atoms with van der Waals surface area (Å²) in [5.74, 6) is -0.233. The van der Waals surface area contributed by atoms with E-state index in [-0.39, 0.29) is 11.5 Å². The second-order valence-corrected chi connectivity index (χ2v) is 3.95. The van der Waals surface area contributed by atoms with Crippen LogP contribution in [0.4, 0.5) is 5.69 Å². The first-order valence-corrected chi connectivity index (χ1v) is 5.51. The number of ether oxygens (including phenoxy) is 1. The van der Waals surface area contributed by atoms with E-state index in [9.17, 15) is 9.59 Å². The molecule has 1 aromatic heterocycles. The van der Waals surface area contributed by atoms with Crippen LogP contribution in [0, 0.1) is 0 Å². The van der Waals surface area contributed by atoms with Crippen molar-refractivity contribution in [1.82, 2.24) is 4.98 Å². The number of hydrogen-bond donors (Lipinski definition) is 0. The summed E-state index contributed by atoms with van der Waals surface area (Å²) in [5.41, 5.74) is 1.11. The van der Waals surface area contributed by atoms with Crippen LogP contribution in [-0.2, 0) is 9.53 Å². The molecule has 0 aromatic carbocycles. The summed E-state index contributed by atoms with van der Waals surface area (Å²) in [6.45, 7) is 1.24. The van der Waals surface area contributed by atoms with Gasteiger partial charge in [0, 0.05) is 24.8 Å². The lowest BCUT2D eigenvalue weighted by molar-refractivity contribution is -0.118. The Morgan fingerprint density at radius 1 is 1.53 bits per heavy atom. The van der Waals surface area contributed by atoms with E-state index in [0.717, 1.165) is 18.7 Å². The van der Waals surface area contributed by atoms with E-state index in [4.69, 9.17) is 0 Å². The summed E-state index contributed by atoms with van der Waals surface area (Å²) >= 11 is 0. The van der Waals surface area contributed by atoms with Crippen LogP contribution >= 0.6 is 0 Å². The predicted molar refractivity (Wildman–Crippen MR) is 62.0 cm³/mol. The van der Waals surface area contributed by atoms with Crippen molar-refractivity contribution in [2.75, 3.05) is 25.1 Å². The summed E-state index contributed by atoms with van der Waals surface area (Å²) in [4.78, 5) is 28.6. The first-order chi connectivity index (χ1) is 8.20. The molecule has 0 unspecified atom stereocenters. The quantitative estimate of drug-likeness (QED) is 0.715. The molecule has 0 N–H and O–H groups in total. The van der Waals surface area contributed by atoms with Crippen LogP contribution in [0.25, 0.3) is 0 Å².